The highest BCUT2D eigenvalue weighted by atomic mass is 16.3. The van der Waals surface area contributed by atoms with E-state index in [0.717, 1.165) is 18.5 Å². The Kier molecular flexibility index (Phi) is 4.05. The molecule has 3 N–H and O–H groups in total. The largest absolute Gasteiger partial charge is 0.394 e. The van der Waals surface area contributed by atoms with Gasteiger partial charge in [-0.05, 0) is 12.8 Å². The highest BCUT2D eigenvalue weighted by Crippen LogP contribution is 2.18. The van der Waals surface area contributed by atoms with Crippen LogP contribution in [0.2, 0.25) is 0 Å². The summed E-state index contributed by atoms with van der Waals surface area (Å²) < 4.78 is 1.57. The fourth-order valence-electron chi connectivity index (χ4n) is 1.44. The van der Waals surface area contributed by atoms with Crippen LogP contribution in [-0.2, 0) is 17.9 Å². The molecule has 1 aliphatic carbocycles. The number of hydrogen-bond acceptors (Lipinski definition) is 5. The quantitative estimate of drug-likeness (QED) is 0.546. The highest BCUT2D eigenvalue weighted by Gasteiger charge is 2.22. The smallest absolute Gasteiger partial charge is 0.234 e. The van der Waals surface area contributed by atoms with Crippen molar-refractivity contribution in [1.29, 1.82) is 0 Å². The Labute approximate surface area is 99.2 Å². The van der Waals surface area contributed by atoms with E-state index < -0.39 is 0 Å². The predicted molar refractivity (Wildman–Crippen MR) is 60.0 cm³/mol. The zero-order valence-electron chi connectivity index (χ0n) is 9.59. The fourth-order valence-corrected chi connectivity index (χ4v) is 1.44. The average Bonchev–Trinajstić information content (AvgIpc) is 2.99. The predicted octanol–water partition coefficient (Wildman–Crippen LogP) is -1.36. The number of carbonyl (C=O) groups excluding carboxylic acids is 1. The first kappa shape index (κ1) is 12.0. The minimum Gasteiger partial charge on any atom is -0.394 e. The number of carbonyl (C=O) groups is 1. The molecule has 1 saturated carbocycles. The van der Waals surface area contributed by atoms with Crippen LogP contribution >= 0.6 is 0 Å². The van der Waals surface area contributed by atoms with Gasteiger partial charge in [-0.25, -0.2) is 4.68 Å². The third kappa shape index (κ3) is 4.12. The summed E-state index contributed by atoms with van der Waals surface area (Å²) in [4.78, 5) is 11.3. The van der Waals surface area contributed by atoms with E-state index in [9.17, 15) is 4.79 Å². The first-order valence-electron chi connectivity index (χ1n) is 5.78. The molecule has 1 aromatic heterocycles. The molecule has 0 saturated heterocycles. The molecule has 0 aliphatic heterocycles. The average molecular weight is 239 g/mol. The summed E-state index contributed by atoms with van der Waals surface area (Å²) in [6.07, 6.45) is 3.95. The number of aliphatic hydroxyl groups excluding tert-OH is 1. The molecule has 2 rings (SSSR count). The van der Waals surface area contributed by atoms with E-state index in [1.165, 1.54) is 0 Å². The van der Waals surface area contributed by atoms with Gasteiger partial charge >= 0.3 is 0 Å². The molecule has 17 heavy (non-hydrogen) atoms. The monoisotopic (exact) mass is 239 g/mol. The lowest BCUT2D eigenvalue weighted by molar-refractivity contribution is -0.120. The number of nitrogens with one attached hydrogen (secondary N) is 2. The molecule has 94 valence electrons. The van der Waals surface area contributed by atoms with Crippen LogP contribution in [0.15, 0.2) is 6.20 Å². The SMILES string of the molecule is O=C(CNCc1cn(CCO)nn1)NC1CC1. The number of hydrogen-bond donors (Lipinski definition) is 3. The molecule has 1 aliphatic rings. The van der Waals surface area contributed by atoms with Crippen molar-refractivity contribution >= 4 is 5.91 Å². The van der Waals surface area contributed by atoms with E-state index in [2.05, 4.69) is 20.9 Å². The van der Waals surface area contributed by atoms with Gasteiger partial charge in [0.05, 0.1) is 25.4 Å². The van der Waals surface area contributed by atoms with Crippen LogP contribution in [0.4, 0.5) is 0 Å². The van der Waals surface area contributed by atoms with Crippen molar-refractivity contribution in [3.05, 3.63) is 11.9 Å². The zero-order valence-corrected chi connectivity index (χ0v) is 9.59. The van der Waals surface area contributed by atoms with Gasteiger partial charge in [-0.3, -0.25) is 4.79 Å². The lowest BCUT2D eigenvalue weighted by atomic mass is 10.4. The molecule has 1 fully saturated rings. The molecule has 0 spiro atoms. The Balaban J connectivity index is 1.64. The van der Waals surface area contributed by atoms with Crippen LogP contribution in [0.3, 0.4) is 0 Å². The Hall–Kier alpha value is -1.47. The third-order valence-electron chi connectivity index (χ3n) is 2.45. The lowest BCUT2D eigenvalue weighted by Gasteiger charge is -2.03. The van der Waals surface area contributed by atoms with Crippen molar-refractivity contribution in [3.8, 4) is 0 Å². The van der Waals surface area contributed by atoms with Crippen LogP contribution in [0, 0.1) is 0 Å². The van der Waals surface area contributed by atoms with E-state index in [4.69, 9.17) is 5.11 Å². The van der Waals surface area contributed by atoms with Gasteiger partial charge in [-0.15, -0.1) is 5.10 Å². The topological polar surface area (TPSA) is 92.1 Å². The minimum atomic E-state index is 0.0234. The first-order chi connectivity index (χ1) is 8.28. The van der Waals surface area contributed by atoms with Gasteiger partial charge in [-0.2, -0.15) is 0 Å². The molecule has 0 atom stereocenters. The number of amides is 1. The van der Waals surface area contributed by atoms with E-state index in [1.54, 1.807) is 10.9 Å². The molecular formula is C10H17N5O2. The molecule has 1 amide bonds. The number of aromatic nitrogens is 3. The van der Waals surface area contributed by atoms with Gasteiger partial charge in [0.1, 0.15) is 0 Å². The minimum absolute atomic E-state index is 0.0234. The maximum absolute atomic E-state index is 11.3. The van der Waals surface area contributed by atoms with Crippen LogP contribution < -0.4 is 10.6 Å². The molecule has 0 radical (unpaired) electrons. The van der Waals surface area contributed by atoms with Crippen molar-refractivity contribution < 1.29 is 9.90 Å². The van der Waals surface area contributed by atoms with Crippen molar-refractivity contribution in [3.63, 3.8) is 0 Å². The van der Waals surface area contributed by atoms with Crippen molar-refractivity contribution in [2.45, 2.75) is 32.0 Å². The third-order valence-corrected chi connectivity index (χ3v) is 2.45. The molecule has 0 bridgehead atoms. The molecule has 7 heteroatoms. The van der Waals surface area contributed by atoms with Gasteiger partial charge in [0.15, 0.2) is 0 Å². The zero-order chi connectivity index (χ0) is 12.1. The highest BCUT2D eigenvalue weighted by molar-refractivity contribution is 5.78. The maximum atomic E-state index is 11.3. The first-order valence-corrected chi connectivity index (χ1v) is 5.78. The molecule has 1 heterocycles. The summed E-state index contributed by atoms with van der Waals surface area (Å²) in [7, 11) is 0. The lowest BCUT2D eigenvalue weighted by Crippen LogP contribution is -2.34. The second-order valence-electron chi connectivity index (χ2n) is 4.14. The van der Waals surface area contributed by atoms with Crippen molar-refractivity contribution in [2.24, 2.45) is 0 Å². The van der Waals surface area contributed by atoms with Gasteiger partial charge in [0.25, 0.3) is 0 Å². The van der Waals surface area contributed by atoms with Crippen molar-refractivity contribution in [2.75, 3.05) is 13.2 Å². The standard InChI is InChI=1S/C10H17N5O2/c16-4-3-15-7-9(13-14-15)5-11-6-10(17)12-8-1-2-8/h7-8,11,16H,1-6H2,(H,12,17). The molecule has 0 aromatic carbocycles. The van der Waals surface area contributed by atoms with Crippen LogP contribution in [0.5, 0.6) is 0 Å². The number of rotatable bonds is 7. The van der Waals surface area contributed by atoms with Crippen LogP contribution in [0.25, 0.3) is 0 Å². The fraction of sp³-hybridized carbons (Fsp3) is 0.700. The number of nitrogens with zero attached hydrogens (tertiary/aromatic N) is 3. The van der Waals surface area contributed by atoms with Crippen LogP contribution in [0.1, 0.15) is 18.5 Å². The van der Waals surface area contributed by atoms with E-state index in [0.29, 0.717) is 25.7 Å². The second-order valence-corrected chi connectivity index (χ2v) is 4.14. The second kappa shape index (κ2) is 5.74. The number of aliphatic hydroxyl groups is 1. The Morgan fingerprint density at radius 3 is 3.12 bits per heavy atom. The summed E-state index contributed by atoms with van der Waals surface area (Å²) in [6.45, 7) is 1.28. The van der Waals surface area contributed by atoms with Gasteiger partial charge in [-0.1, -0.05) is 5.21 Å². The maximum Gasteiger partial charge on any atom is 0.234 e. The molecule has 0 unspecified atom stereocenters. The van der Waals surface area contributed by atoms with Crippen molar-refractivity contribution in [1.82, 2.24) is 25.6 Å². The summed E-state index contributed by atoms with van der Waals surface area (Å²) in [5, 5.41) is 22.3. The van der Waals surface area contributed by atoms with E-state index >= 15 is 0 Å². The van der Waals surface area contributed by atoms with Gasteiger partial charge in [0.2, 0.25) is 5.91 Å². The summed E-state index contributed by atoms with van der Waals surface area (Å²) >= 11 is 0. The molecule has 1 aromatic rings. The van der Waals surface area contributed by atoms with E-state index in [-0.39, 0.29) is 12.5 Å². The summed E-state index contributed by atoms with van der Waals surface area (Å²) in [5.74, 6) is 0.0234. The molecular weight excluding hydrogens is 222 g/mol. The normalized spacial score (nSPS) is 14.9. The van der Waals surface area contributed by atoms with Gasteiger partial charge < -0.3 is 15.7 Å². The van der Waals surface area contributed by atoms with Crippen LogP contribution in [-0.4, -0.2) is 45.2 Å². The summed E-state index contributed by atoms with van der Waals surface area (Å²) in [6, 6.07) is 0.398. The Morgan fingerprint density at radius 1 is 1.59 bits per heavy atom. The van der Waals surface area contributed by atoms with E-state index in [1.807, 2.05) is 0 Å². The Morgan fingerprint density at radius 2 is 2.41 bits per heavy atom. The Bertz CT molecular complexity index is 375. The van der Waals surface area contributed by atoms with Gasteiger partial charge in [0, 0.05) is 18.8 Å². The molecule has 7 nitrogen and oxygen atoms in total. The summed E-state index contributed by atoms with van der Waals surface area (Å²) in [5.41, 5.74) is 0.762.